The zero-order valence-electron chi connectivity index (χ0n) is 16.3. The van der Waals surface area contributed by atoms with Crippen molar-refractivity contribution in [3.05, 3.63) is 42.2 Å². The van der Waals surface area contributed by atoms with E-state index in [0.29, 0.717) is 18.7 Å². The van der Waals surface area contributed by atoms with Gasteiger partial charge in [0.05, 0.1) is 7.11 Å². The average molecular weight is 368 g/mol. The van der Waals surface area contributed by atoms with Crippen LogP contribution in [0.15, 0.2) is 36.7 Å². The van der Waals surface area contributed by atoms with Gasteiger partial charge in [-0.05, 0) is 37.3 Å². The number of methoxy groups -OCH3 is 1. The van der Waals surface area contributed by atoms with Crippen molar-refractivity contribution in [1.82, 2.24) is 14.9 Å². The summed E-state index contributed by atoms with van der Waals surface area (Å²) < 4.78 is 11.4. The quantitative estimate of drug-likeness (QED) is 0.749. The summed E-state index contributed by atoms with van der Waals surface area (Å²) in [4.78, 5) is 13.4. The number of aromatic nitrogens is 2. The second kappa shape index (κ2) is 7.72. The van der Waals surface area contributed by atoms with Crippen molar-refractivity contribution >= 4 is 5.95 Å². The van der Waals surface area contributed by atoms with Crippen LogP contribution in [0.3, 0.4) is 0 Å². The number of piperidine rings is 1. The highest BCUT2D eigenvalue weighted by Gasteiger charge is 2.45. The van der Waals surface area contributed by atoms with E-state index in [9.17, 15) is 0 Å². The van der Waals surface area contributed by atoms with E-state index in [1.807, 2.05) is 55.7 Å². The van der Waals surface area contributed by atoms with Crippen molar-refractivity contribution in [2.24, 2.45) is 5.92 Å². The van der Waals surface area contributed by atoms with Gasteiger partial charge in [0.15, 0.2) is 0 Å². The van der Waals surface area contributed by atoms with Crippen LogP contribution in [0, 0.1) is 5.92 Å². The van der Waals surface area contributed by atoms with Gasteiger partial charge in [-0.25, -0.2) is 9.97 Å². The Balaban J connectivity index is 1.43. The molecule has 1 aromatic heterocycles. The number of anilines is 1. The highest BCUT2D eigenvalue weighted by atomic mass is 16.5. The summed E-state index contributed by atoms with van der Waals surface area (Å²) in [5, 5.41) is 0. The summed E-state index contributed by atoms with van der Waals surface area (Å²) in [6.07, 6.45) is 7.78. The standard InChI is InChI=1S/C21H28N4O2/c1-24(2)21-22-11-15(12-23-21)13-25-17-8-7-16(9-17)20(25)14-27-19-6-4-5-18(10-19)26-3/h4-6,10-12,16-17,20H,7-9,13-14H2,1-3H3/t16-,17-,20-/m0/s1. The second-order valence-corrected chi connectivity index (χ2v) is 7.74. The van der Waals surface area contributed by atoms with E-state index in [0.717, 1.165) is 29.9 Å². The number of likely N-dealkylation sites (tertiary alicyclic amines) is 1. The molecule has 2 aromatic rings. The van der Waals surface area contributed by atoms with E-state index in [-0.39, 0.29) is 0 Å². The minimum absolute atomic E-state index is 0.448. The van der Waals surface area contributed by atoms with Gasteiger partial charge in [0.25, 0.3) is 0 Å². The van der Waals surface area contributed by atoms with Gasteiger partial charge in [0, 0.05) is 56.7 Å². The summed E-state index contributed by atoms with van der Waals surface area (Å²) in [5.74, 6) is 3.17. The molecule has 0 spiro atoms. The maximum atomic E-state index is 6.14. The lowest BCUT2D eigenvalue weighted by Crippen LogP contribution is -2.43. The molecule has 6 heteroatoms. The van der Waals surface area contributed by atoms with E-state index in [1.165, 1.54) is 24.8 Å². The maximum Gasteiger partial charge on any atom is 0.224 e. The SMILES string of the molecule is COc1cccc(OC[C@H]2[C@H]3CC[C@@H](C3)N2Cc2cnc(N(C)C)nc2)c1. The summed E-state index contributed by atoms with van der Waals surface area (Å²) in [5.41, 5.74) is 1.17. The lowest BCUT2D eigenvalue weighted by atomic mass is 9.99. The number of nitrogens with zero attached hydrogens (tertiary/aromatic N) is 4. The zero-order valence-corrected chi connectivity index (χ0v) is 16.3. The van der Waals surface area contributed by atoms with Gasteiger partial charge in [-0.15, -0.1) is 0 Å². The summed E-state index contributed by atoms with van der Waals surface area (Å²) >= 11 is 0. The van der Waals surface area contributed by atoms with E-state index in [4.69, 9.17) is 9.47 Å². The van der Waals surface area contributed by atoms with Crippen molar-refractivity contribution in [3.63, 3.8) is 0 Å². The molecule has 144 valence electrons. The third-order valence-electron chi connectivity index (χ3n) is 5.80. The van der Waals surface area contributed by atoms with Crippen LogP contribution in [-0.2, 0) is 6.54 Å². The van der Waals surface area contributed by atoms with Crippen molar-refractivity contribution in [2.45, 2.75) is 37.9 Å². The Morgan fingerprint density at radius 3 is 2.67 bits per heavy atom. The first-order chi connectivity index (χ1) is 13.1. The Morgan fingerprint density at radius 1 is 1.15 bits per heavy atom. The number of ether oxygens (including phenoxy) is 2. The molecule has 27 heavy (non-hydrogen) atoms. The van der Waals surface area contributed by atoms with Crippen molar-refractivity contribution in [3.8, 4) is 11.5 Å². The molecule has 0 amide bonds. The van der Waals surface area contributed by atoms with Crippen LogP contribution >= 0.6 is 0 Å². The van der Waals surface area contributed by atoms with Crippen LogP contribution in [0.5, 0.6) is 11.5 Å². The fraction of sp³-hybridized carbons (Fsp3) is 0.524. The predicted molar refractivity (Wildman–Crippen MR) is 105 cm³/mol. The summed E-state index contributed by atoms with van der Waals surface area (Å²) in [6.45, 7) is 1.60. The smallest absolute Gasteiger partial charge is 0.224 e. The molecule has 0 unspecified atom stereocenters. The maximum absolute atomic E-state index is 6.14. The number of hydrogen-bond acceptors (Lipinski definition) is 6. The van der Waals surface area contributed by atoms with Crippen LogP contribution in [0.25, 0.3) is 0 Å². The van der Waals surface area contributed by atoms with E-state index in [1.54, 1.807) is 7.11 Å². The Morgan fingerprint density at radius 2 is 1.93 bits per heavy atom. The van der Waals surface area contributed by atoms with Gasteiger partial charge in [-0.1, -0.05) is 6.07 Å². The van der Waals surface area contributed by atoms with Crippen molar-refractivity contribution in [2.75, 3.05) is 32.7 Å². The Bertz CT molecular complexity index is 765. The van der Waals surface area contributed by atoms with Crippen LogP contribution in [0.4, 0.5) is 5.95 Å². The molecule has 4 rings (SSSR count). The lowest BCUT2D eigenvalue weighted by Gasteiger charge is -2.35. The minimum atomic E-state index is 0.448. The van der Waals surface area contributed by atoms with Gasteiger partial charge in [0.2, 0.25) is 5.95 Å². The summed E-state index contributed by atoms with van der Waals surface area (Å²) in [6, 6.07) is 8.95. The largest absolute Gasteiger partial charge is 0.497 e. The second-order valence-electron chi connectivity index (χ2n) is 7.74. The minimum Gasteiger partial charge on any atom is -0.497 e. The van der Waals surface area contributed by atoms with Gasteiger partial charge < -0.3 is 14.4 Å². The molecular weight excluding hydrogens is 340 g/mol. The first-order valence-electron chi connectivity index (χ1n) is 9.65. The first-order valence-corrected chi connectivity index (χ1v) is 9.65. The molecule has 1 aliphatic carbocycles. The molecule has 6 nitrogen and oxygen atoms in total. The third-order valence-corrected chi connectivity index (χ3v) is 5.80. The molecule has 2 aliphatic rings. The topological polar surface area (TPSA) is 50.7 Å². The van der Waals surface area contributed by atoms with Gasteiger partial charge in [-0.2, -0.15) is 0 Å². The monoisotopic (exact) mass is 368 g/mol. The Labute approximate surface area is 161 Å². The predicted octanol–water partition coefficient (Wildman–Crippen LogP) is 2.98. The molecule has 1 aromatic carbocycles. The molecule has 1 aliphatic heterocycles. The first kappa shape index (κ1) is 18.0. The van der Waals surface area contributed by atoms with E-state index in [2.05, 4.69) is 14.9 Å². The van der Waals surface area contributed by atoms with Gasteiger partial charge in [-0.3, -0.25) is 4.90 Å². The van der Waals surface area contributed by atoms with Crippen LogP contribution < -0.4 is 14.4 Å². The highest BCUT2D eigenvalue weighted by molar-refractivity contribution is 5.33. The highest BCUT2D eigenvalue weighted by Crippen LogP contribution is 2.43. The summed E-state index contributed by atoms with van der Waals surface area (Å²) in [7, 11) is 5.60. The third kappa shape index (κ3) is 3.86. The van der Waals surface area contributed by atoms with Gasteiger partial charge >= 0.3 is 0 Å². The molecule has 1 saturated carbocycles. The van der Waals surface area contributed by atoms with Gasteiger partial charge in [0.1, 0.15) is 18.1 Å². The molecule has 1 saturated heterocycles. The average Bonchev–Trinajstić information content (AvgIpc) is 3.29. The molecule has 2 heterocycles. The van der Waals surface area contributed by atoms with Crippen molar-refractivity contribution in [1.29, 1.82) is 0 Å². The fourth-order valence-electron chi connectivity index (χ4n) is 4.41. The zero-order chi connectivity index (χ0) is 18.8. The van der Waals surface area contributed by atoms with Crippen LogP contribution in [0.2, 0.25) is 0 Å². The van der Waals surface area contributed by atoms with Crippen molar-refractivity contribution < 1.29 is 9.47 Å². The van der Waals surface area contributed by atoms with Crippen LogP contribution in [-0.4, -0.2) is 54.8 Å². The molecule has 0 radical (unpaired) electrons. The normalized spacial score (nSPS) is 24.2. The van der Waals surface area contributed by atoms with Crippen LogP contribution in [0.1, 0.15) is 24.8 Å². The lowest BCUT2D eigenvalue weighted by molar-refractivity contribution is 0.0865. The molecule has 3 atom stereocenters. The Hall–Kier alpha value is -2.34. The molecule has 2 bridgehead atoms. The molecular formula is C21H28N4O2. The number of hydrogen-bond donors (Lipinski definition) is 0. The number of fused-ring (bicyclic) bond motifs is 2. The fourth-order valence-corrected chi connectivity index (χ4v) is 4.41. The molecule has 0 N–H and O–H groups in total. The number of benzene rings is 1. The van der Waals surface area contributed by atoms with E-state index >= 15 is 0 Å². The Kier molecular flexibility index (Phi) is 5.16. The molecule has 2 fully saturated rings. The number of rotatable bonds is 7. The van der Waals surface area contributed by atoms with E-state index < -0.39 is 0 Å².